The van der Waals surface area contributed by atoms with Gasteiger partial charge in [0.2, 0.25) is 0 Å². The Morgan fingerprint density at radius 2 is 2.46 bits per heavy atom. The molecule has 0 spiro atoms. The molecular formula is C9H16N2S2. The lowest BCUT2D eigenvalue weighted by atomic mass is 10.2. The van der Waals surface area contributed by atoms with Crippen LogP contribution < -0.4 is 5.73 Å². The highest BCUT2D eigenvalue weighted by Gasteiger charge is 2.01. The first-order valence-electron chi connectivity index (χ1n) is 4.41. The van der Waals surface area contributed by atoms with Crippen molar-refractivity contribution in [1.29, 1.82) is 0 Å². The van der Waals surface area contributed by atoms with Crippen molar-refractivity contribution < 1.29 is 0 Å². The molecule has 2 N–H and O–H groups in total. The molecule has 0 aliphatic carbocycles. The average Bonchev–Trinajstić information content (AvgIpc) is 2.51. The van der Waals surface area contributed by atoms with Gasteiger partial charge in [-0.2, -0.15) is 11.8 Å². The van der Waals surface area contributed by atoms with Crippen LogP contribution in [0, 0.1) is 12.8 Å². The Morgan fingerprint density at radius 1 is 1.69 bits per heavy atom. The summed E-state index contributed by atoms with van der Waals surface area (Å²) in [5.41, 5.74) is 6.73. The molecule has 0 aliphatic heterocycles. The van der Waals surface area contributed by atoms with Crippen LogP contribution in [0.5, 0.6) is 0 Å². The van der Waals surface area contributed by atoms with Crippen molar-refractivity contribution in [3.8, 4) is 0 Å². The lowest BCUT2D eigenvalue weighted by Gasteiger charge is -2.05. The molecule has 0 amide bonds. The molecule has 0 fully saturated rings. The molecule has 1 aromatic rings. The predicted octanol–water partition coefficient (Wildman–Crippen LogP) is 2.28. The number of aromatic nitrogens is 1. The molecule has 13 heavy (non-hydrogen) atoms. The number of aryl methyl sites for hydroxylation is 1. The fourth-order valence-corrected chi connectivity index (χ4v) is 2.64. The maximum absolute atomic E-state index is 5.53. The quantitative estimate of drug-likeness (QED) is 0.820. The first-order chi connectivity index (χ1) is 6.22. The third kappa shape index (κ3) is 4.11. The molecule has 0 radical (unpaired) electrons. The molecule has 4 heteroatoms. The lowest BCUT2D eigenvalue weighted by molar-refractivity contribution is 0.675. The number of hydrogen-bond donors (Lipinski definition) is 1. The van der Waals surface area contributed by atoms with Gasteiger partial charge in [-0.15, -0.1) is 11.3 Å². The number of hydrogen-bond acceptors (Lipinski definition) is 4. The largest absolute Gasteiger partial charge is 0.330 e. The van der Waals surface area contributed by atoms with Gasteiger partial charge in [-0.1, -0.05) is 6.92 Å². The highest BCUT2D eigenvalue weighted by molar-refractivity contribution is 7.98. The van der Waals surface area contributed by atoms with Crippen LogP contribution in [0.15, 0.2) is 5.38 Å². The molecule has 1 atom stereocenters. The van der Waals surface area contributed by atoms with E-state index in [2.05, 4.69) is 17.3 Å². The van der Waals surface area contributed by atoms with Crippen LogP contribution in [-0.2, 0) is 5.75 Å². The molecule has 1 heterocycles. The van der Waals surface area contributed by atoms with Gasteiger partial charge in [-0.25, -0.2) is 4.98 Å². The summed E-state index contributed by atoms with van der Waals surface area (Å²) in [7, 11) is 0. The predicted molar refractivity (Wildman–Crippen MR) is 61.2 cm³/mol. The molecule has 0 saturated carbocycles. The maximum Gasteiger partial charge on any atom is 0.0897 e. The second kappa shape index (κ2) is 5.62. The second-order valence-corrected chi connectivity index (χ2v) is 5.31. The summed E-state index contributed by atoms with van der Waals surface area (Å²) in [6.45, 7) is 5.00. The topological polar surface area (TPSA) is 38.9 Å². The fourth-order valence-electron chi connectivity index (χ4n) is 0.907. The van der Waals surface area contributed by atoms with Gasteiger partial charge in [-0.3, -0.25) is 0 Å². The van der Waals surface area contributed by atoms with E-state index in [0.717, 1.165) is 23.1 Å². The van der Waals surface area contributed by atoms with E-state index in [9.17, 15) is 0 Å². The zero-order valence-electron chi connectivity index (χ0n) is 8.12. The van der Waals surface area contributed by atoms with E-state index < -0.39 is 0 Å². The highest BCUT2D eigenvalue weighted by Crippen LogP contribution is 2.16. The van der Waals surface area contributed by atoms with Gasteiger partial charge in [-0.05, 0) is 25.1 Å². The first-order valence-corrected chi connectivity index (χ1v) is 6.44. The van der Waals surface area contributed by atoms with E-state index in [-0.39, 0.29) is 0 Å². The van der Waals surface area contributed by atoms with Crippen molar-refractivity contribution in [2.75, 3.05) is 12.3 Å². The molecule has 0 aliphatic rings. The highest BCUT2D eigenvalue weighted by atomic mass is 32.2. The Morgan fingerprint density at radius 3 is 3.00 bits per heavy atom. The molecule has 2 nitrogen and oxygen atoms in total. The van der Waals surface area contributed by atoms with Gasteiger partial charge in [0, 0.05) is 11.1 Å². The summed E-state index contributed by atoms with van der Waals surface area (Å²) in [6, 6.07) is 0. The van der Waals surface area contributed by atoms with Gasteiger partial charge < -0.3 is 5.73 Å². The van der Waals surface area contributed by atoms with Crippen LogP contribution in [-0.4, -0.2) is 17.3 Å². The van der Waals surface area contributed by atoms with Crippen molar-refractivity contribution in [3.63, 3.8) is 0 Å². The molecule has 74 valence electrons. The zero-order chi connectivity index (χ0) is 9.68. The van der Waals surface area contributed by atoms with E-state index in [1.165, 1.54) is 5.69 Å². The molecule has 0 aromatic carbocycles. The third-order valence-electron chi connectivity index (χ3n) is 1.72. The Labute approximate surface area is 87.9 Å². The lowest BCUT2D eigenvalue weighted by Crippen LogP contribution is -2.12. The summed E-state index contributed by atoms with van der Waals surface area (Å²) in [5, 5.41) is 3.29. The van der Waals surface area contributed by atoms with E-state index in [1.807, 2.05) is 18.7 Å². The van der Waals surface area contributed by atoms with Gasteiger partial charge in [0.25, 0.3) is 0 Å². The van der Waals surface area contributed by atoms with Crippen molar-refractivity contribution in [1.82, 2.24) is 4.98 Å². The molecule has 0 bridgehead atoms. The summed E-state index contributed by atoms with van der Waals surface area (Å²) < 4.78 is 0. The summed E-state index contributed by atoms with van der Waals surface area (Å²) >= 11 is 3.64. The minimum Gasteiger partial charge on any atom is -0.330 e. The number of nitrogens with zero attached hydrogens (tertiary/aromatic N) is 1. The molecule has 1 aromatic heterocycles. The minimum atomic E-state index is 0.615. The molecule has 1 rings (SSSR count). The molecule has 0 saturated heterocycles. The standard InChI is InChI=1S/C9H16N2S2/c1-7(3-10)4-12-5-9-6-13-8(2)11-9/h6-7H,3-5,10H2,1-2H3. The van der Waals surface area contributed by atoms with Gasteiger partial charge in [0.1, 0.15) is 0 Å². The van der Waals surface area contributed by atoms with Crippen LogP contribution in [0.25, 0.3) is 0 Å². The summed E-state index contributed by atoms with van der Waals surface area (Å²) in [6.07, 6.45) is 0. The van der Waals surface area contributed by atoms with Crippen LogP contribution >= 0.6 is 23.1 Å². The van der Waals surface area contributed by atoms with Crippen molar-refractivity contribution >= 4 is 23.1 Å². The minimum absolute atomic E-state index is 0.615. The molecular weight excluding hydrogens is 200 g/mol. The SMILES string of the molecule is Cc1nc(CSCC(C)CN)cs1. The Bertz CT molecular complexity index is 248. The van der Waals surface area contributed by atoms with Gasteiger partial charge in [0.15, 0.2) is 0 Å². The van der Waals surface area contributed by atoms with Crippen molar-refractivity contribution in [2.45, 2.75) is 19.6 Å². The maximum atomic E-state index is 5.53. The van der Waals surface area contributed by atoms with Crippen LogP contribution in [0.4, 0.5) is 0 Å². The monoisotopic (exact) mass is 216 g/mol. The summed E-state index contributed by atoms with van der Waals surface area (Å²) in [4.78, 5) is 4.40. The summed E-state index contributed by atoms with van der Waals surface area (Å²) in [5.74, 6) is 2.77. The Balaban J connectivity index is 2.20. The fraction of sp³-hybridized carbons (Fsp3) is 0.667. The molecule has 1 unspecified atom stereocenters. The number of rotatable bonds is 5. The zero-order valence-corrected chi connectivity index (χ0v) is 9.75. The van der Waals surface area contributed by atoms with Crippen molar-refractivity contribution in [3.05, 3.63) is 16.1 Å². The first kappa shape index (κ1) is 11.0. The van der Waals surface area contributed by atoms with Gasteiger partial charge >= 0.3 is 0 Å². The average molecular weight is 216 g/mol. The van der Waals surface area contributed by atoms with Crippen LogP contribution in [0.1, 0.15) is 17.6 Å². The smallest absolute Gasteiger partial charge is 0.0897 e. The van der Waals surface area contributed by atoms with Crippen molar-refractivity contribution in [2.24, 2.45) is 11.7 Å². The second-order valence-electron chi connectivity index (χ2n) is 3.21. The number of thioether (sulfide) groups is 1. The van der Waals surface area contributed by atoms with Gasteiger partial charge in [0.05, 0.1) is 10.7 Å². The Kier molecular flexibility index (Phi) is 4.77. The Hall–Kier alpha value is -0.0600. The van der Waals surface area contributed by atoms with E-state index in [4.69, 9.17) is 5.73 Å². The van der Waals surface area contributed by atoms with E-state index in [1.54, 1.807) is 11.3 Å². The van der Waals surface area contributed by atoms with Crippen LogP contribution in [0.2, 0.25) is 0 Å². The number of thiazole rings is 1. The third-order valence-corrected chi connectivity index (χ3v) is 3.85. The van der Waals surface area contributed by atoms with E-state index in [0.29, 0.717) is 5.92 Å². The van der Waals surface area contributed by atoms with E-state index >= 15 is 0 Å². The normalized spacial score (nSPS) is 13.2. The van der Waals surface area contributed by atoms with Crippen LogP contribution in [0.3, 0.4) is 0 Å². The number of nitrogens with two attached hydrogens (primary N) is 1.